The molecule has 0 radical (unpaired) electrons. The fourth-order valence-corrected chi connectivity index (χ4v) is 2.53. The van der Waals surface area contributed by atoms with E-state index in [2.05, 4.69) is 26.6 Å². The van der Waals surface area contributed by atoms with E-state index >= 15 is 0 Å². The molecule has 0 unspecified atom stereocenters. The topological polar surface area (TPSA) is 41.1 Å². The van der Waals surface area contributed by atoms with E-state index in [0.29, 0.717) is 19.5 Å². The molecule has 0 bridgehead atoms. The van der Waals surface area contributed by atoms with Gasteiger partial charge in [-0.15, -0.1) is 0 Å². The van der Waals surface area contributed by atoms with Crippen molar-refractivity contribution in [2.75, 3.05) is 13.1 Å². The van der Waals surface area contributed by atoms with Crippen molar-refractivity contribution in [3.8, 4) is 0 Å². The Morgan fingerprint density at radius 1 is 0.955 bits per heavy atom. The van der Waals surface area contributed by atoms with Crippen LogP contribution in [0.4, 0.5) is 9.18 Å². The molecule has 0 aliphatic rings. The predicted octanol–water partition coefficient (Wildman–Crippen LogP) is 3.67. The molecule has 3 nitrogen and oxygen atoms in total. The average Bonchev–Trinajstić information content (AvgIpc) is 2.47. The van der Waals surface area contributed by atoms with Gasteiger partial charge in [0.25, 0.3) is 0 Å². The fourth-order valence-electron chi connectivity index (χ4n) is 2.09. The first-order valence-corrected chi connectivity index (χ1v) is 7.93. The highest BCUT2D eigenvalue weighted by molar-refractivity contribution is 9.10. The van der Waals surface area contributed by atoms with E-state index in [1.807, 2.05) is 30.3 Å². The number of benzene rings is 2. The van der Waals surface area contributed by atoms with Crippen LogP contribution in [0.15, 0.2) is 53.0 Å². The van der Waals surface area contributed by atoms with E-state index < -0.39 is 0 Å². The number of carbonyl (C=O) groups excluding carboxylic acids is 1. The zero-order chi connectivity index (χ0) is 15.8. The fraction of sp³-hybridized carbons (Fsp3) is 0.235. The first-order valence-electron chi connectivity index (χ1n) is 7.14. The van der Waals surface area contributed by atoms with Crippen LogP contribution in [0.3, 0.4) is 0 Å². The lowest BCUT2D eigenvalue weighted by Crippen LogP contribution is -2.37. The molecule has 2 aromatic rings. The summed E-state index contributed by atoms with van der Waals surface area (Å²) in [5, 5.41) is 5.58. The number of halogens is 2. The van der Waals surface area contributed by atoms with Crippen LogP contribution in [0, 0.1) is 5.82 Å². The van der Waals surface area contributed by atoms with Gasteiger partial charge in [-0.2, -0.15) is 0 Å². The minimum atomic E-state index is -0.254. The van der Waals surface area contributed by atoms with Crippen molar-refractivity contribution in [3.63, 3.8) is 0 Å². The van der Waals surface area contributed by atoms with Gasteiger partial charge in [-0.1, -0.05) is 40.2 Å². The molecule has 2 N–H and O–H groups in total. The standard InChI is InChI=1S/C17H18BrFN2O/c18-15-5-1-3-13(11-15)7-9-20-17(22)21-10-8-14-4-2-6-16(19)12-14/h1-6,11-12H,7-10H2,(H2,20,21,22). The van der Waals surface area contributed by atoms with Crippen LogP contribution in [0.2, 0.25) is 0 Å². The molecule has 0 atom stereocenters. The molecule has 2 amide bonds. The molecule has 0 aliphatic carbocycles. The highest BCUT2D eigenvalue weighted by atomic mass is 79.9. The van der Waals surface area contributed by atoms with Crippen molar-refractivity contribution in [1.29, 1.82) is 0 Å². The molecule has 2 aromatic carbocycles. The molecule has 5 heteroatoms. The molecular weight excluding hydrogens is 347 g/mol. The molecule has 0 fully saturated rings. The van der Waals surface area contributed by atoms with Crippen LogP contribution in [-0.2, 0) is 12.8 Å². The number of hydrogen-bond donors (Lipinski definition) is 2. The number of hydrogen-bond acceptors (Lipinski definition) is 1. The zero-order valence-electron chi connectivity index (χ0n) is 12.1. The maximum atomic E-state index is 13.0. The van der Waals surface area contributed by atoms with Crippen molar-refractivity contribution in [3.05, 3.63) is 69.9 Å². The summed E-state index contributed by atoms with van der Waals surface area (Å²) in [6, 6.07) is 14.2. The molecule has 0 aromatic heterocycles. The normalized spacial score (nSPS) is 10.3. The smallest absolute Gasteiger partial charge is 0.314 e. The van der Waals surface area contributed by atoms with Gasteiger partial charge in [0.2, 0.25) is 0 Å². The van der Waals surface area contributed by atoms with Gasteiger partial charge in [0.15, 0.2) is 0 Å². The van der Waals surface area contributed by atoms with Gasteiger partial charge < -0.3 is 10.6 Å². The van der Waals surface area contributed by atoms with E-state index in [4.69, 9.17) is 0 Å². The summed E-state index contributed by atoms with van der Waals surface area (Å²) in [5.74, 6) is -0.254. The second-order valence-corrected chi connectivity index (χ2v) is 5.86. The third kappa shape index (κ3) is 5.85. The van der Waals surface area contributed by atoms with Gasteiger partial charge in [0.05, 0.1) is 0 Å². The summed E-state index contributed by atoms with van der Waals surface area (Å²) in [5.41, 5.74) is 2.03. The second-order valence-electron chi connectivity index (χ2n) is 4.94. The molecular formula is C17H18BrFN2O. The number of urea groups is 1. The zero-order valence-corrected chi connectivity index (χ0v) is 13.7. The highest BCUT2D eigenvalue weighted by Crippen LogP contribution is 2.11. The monoisotopic (exact) mass is 364 g/mol. The Labute approximate surface area is 138 Å². The Balaban J connectivity index is 1.64. The maximum Gasteiger partial charge on any atom is 0.314 e. The summed E-state index contributed by atoms with van der Waals surface area (Å²) in [6.45, 7) is 1.05. The van der Waals surface area contributed by atoms with Crippen molar-refractivity contribution in [1.82, 2.24) is 10.6 Å². The summed E-state index contributed by atoms with van der Waals surface area (Å²) in [7, 11) is 0. The van der Waals surface area contributed by atoms with E-state index in [9.17, 15) is 9.18 Å². The van der Waals surface area contributed by atoms with E-state index in [1.54, 1.807) is 6.07 Å². The van der Waals surface area contributed by atoms with E-state index in [1.165, 1.54) is 12.1 Å². The second kappa shape index (κ2) is 8.54. The van der Waals surface area contributed by atoms with Gasteiger partial charge in [-0.3, -0.25) is 0 Å². The molecule has 2 rings (SSSR count). The molecule has 116 valence electrons. The lowest BCUT2D eigenvalue weighted by atomic mass is 10.1. The van der Waals surface area contributed by atoms with Gasteiger partial charge in [0, 0.05) is 17.6 Å². The van der Waals surface area contributed by atoms with Gasteiger partial charge >= 0.3 is 6.03 Å². The van der Waals surface area contributed by atoms with Gasteiger partial charge in [0.1, 0.15) is 5.82 Å². The van der Waals surface area contributed by atoms with Crippen LogP contribution in [0.1, 0.15) is 11.1 Å². The van der Waals surface area contributed by atoms with Crippen LogP contribution in [0.5, 0.6) is 0 Å². The Bertz CT molecular complexity index is 580. The third-order valence-electron chi connectivity index (χ3n) is 3.18. The molecule has 0 saturated heterocycles. The molecule has 0 heterocycles. The minimum Gasteiger partial charge on any atom is -0.338 e. The Kier molecular flexibility index (Phi) is 6.40. The molecule has 0 aliphatic heterocycles. The lowest BCUT2D eigenvalue weighted by molar-refractivity contribution is 0.241. The maximum absolute atomic E-state index is 13.0. The molecule has 0 saturated carbocycles. The van der Waals surface area contributed by atoms with Crippen molar-refractivity contribution < 1.29 is 9.18 Å². The Hall–Kier alpha value is -1.88. The van der Waals surface area contributed by atoms with Crippen molar-refractivity contribution in [2.24, 2.45) is 0 Å². The van der Waals surface area contributed by atoms with Crippen LogP contribution >= 0.6 is 15.9 Å². The van der Waals surface area contributed by atoms with Crippen molar-refractivity contribution in [2.45, 2.75) is 12.8 Å². The van der Waals surface area contributed by atoms with Gasteiger partial charge in [-0.05, 0) is 48.2 Å². The largest absolute Gasteiger partial charge is 0.338 e. The number of amides is 2. The third-order valence-corrected chi connectivity index (χ3v) is 3.67. The number of carbonyl (C=O) groups is 1. The highest BCUT2D eigenvalue weighted by Gasteiger charge is 2.01. The average molecular weight is 365 g/mol. The number of rotatable bonds is 6. The molecule has 0 spiro atoms. The van der Waals surface area contributed by atoms with Gasteiger partial charge in [-0.25, -0.2) is 9.18 Å². The van der Waals surface area contributed by atoms with Crippen LogP contribution < -0.4 is 10.6 Å². The minimum absolute atomic E-state index is 0.202. The summed E-state index contributed by atoms with van der Waals surface area (Å²) < 4.78 is 14.0. The van der Waals surface area contributed by atoms with Crippen molar-refractivity contribution >= 4 is 22.0 Å². The Morgan fingerprint density at radius 3 is 2.14 bits per heavy atom. The summed E-state index contributed by atoms with van der Waals surface area (Å²) in [4.78, 5) is 11.7. The quantitative estimate of drug-likeness (QED) is 0.806. The number of nitrogens with one attached hydrogen (secondary N) is 2. The first-order chi connectivity index (χ1) is 10.6. The van der Waals surface area contributed by atoms with E-state index in [-0.39, 0.29) is 11.8 Å². The Morgan fingerprint density at radius 2 is 1.55 bits per heavy atom. The van der Waals surface area contributed by atoms with Crippen LogP contribution in [-0.4, -0.2) is 19.1 Å². The molecule has 22 heavy (non-hydrogen) atoms. The summed E-state index contributed by atoms with van der Waals surface area (Å²) in [6.07, 6.45) is 1.38. The first kappa shape index (κ1) is 16.5. The SMILES string of the molecule is O=C(NCCc1cccc(F)c1)NCCc1cccc(Br)c1. The van der Waals surface area contributed by atoms with Crippen LogP contribution in [0.25, 0.3) is 0 Å². The van der Waals surface area contributed by atoms with E-state index in [0.717, 1.165) is 22.0 Å². The predicted molar refractivity (Wildman–Crippen MR) is 89.4 cm³/mol. The summed E-state index contributed by atoms with van der Waals surface area (Å²) >= 11 is 3.42. The lowest BCUT2D eigenvalue weighted by Gasteiger charge is -2.08.